The monoisotopic (exact) mass is 270 g/mol. The maximum absolute atomic E-state index is 5.82. The van der Waals surface area contributed by atoms with Crippen LogP contribution in [0.15, 0.2) is 24.5 Å². The number of fused-ring (bicyclic) bond motifs is 1. The van der Waals surface area contributed by atoms with E-state index >= 15 is 0 Å². The van der Waals surface area contributed by atoms with Crippen molar-refractivity contribution >= 4 is 16.7 Å². The normalized spacial score (nSPS) is 11.3. The maximum atomic E-state index is 5.82. The molecule has 0 aliphatic heterocycles. The molecule has 3 rings (SSSR count). The lowest BCUT2D eigenvalue weighted by molar-refractivity contribution is 0.636. The predicted molar refractivity (Wildman–Crippen MR) is 78.2 cm³/mol. The van der Waals surface area contributed by atoms with Gasteiger partial charge in [0.15, 0.2) is 0 Å². The number of nitrogen functional groups attached to an aromatic ring is 1. The number of benzene rings is 1. The van der Waals surface area contributed by atoms with Crippen molar-refractivity contribution in [1.29, 1.82) is 0 Å². The summed E-state index contributed by atoms with van der Waals surface area (Å²) in [5.74, 6) is 2.05. The molecule has 0 atom stereocenters. The standard InChI is InChI=1S/C14H18N6/c1-3-13-17-11-8-10(15)4-5-12(11)20(13)7-6-14-18-16-9-19(14)2/h4-5,8-9H,3,6-7,15H2,1-2H3. The van der Waals surface area contributed by atoms with Crippen LogP contribution in [0.25, 0.3) is 11.0 Å². The van der Waals surface area contributed by atoms with Gasteiger partial charge in [0.25, 0.3) is 0 Å². The Morgan fingerprint density at radius 3 is 2.80 bits per heavy atom. The molecule has 0 aliphatic carbocycles. The summed E-state index contributed by atoms with van der Waals surface area (Å²) in [6, 6.07) is 5.88. The van der Waals surface area contributed by atoms with Crippen molar-refractivity contribution in [3.63, 3.8) is 0 Å². The van der Waals surface area contributed by atoms with Crippen LogP contribution in [0, 0.1) is 0 Å². The van der Waals surface area contributed by atoms with Crippen molar-refractivity contribution in [3.05, 3.63) is 36.2 Å². The zero-order valence-electron chi connectivity index (χ0n) is 11.7. The van der Waals surface area contributed by atoms with Crippen molar-refractivity contribution in [3.8, 4) is 0 Å². The van der Waals surface area contributed by atoms with Gasteiger partial charge in [-0.1, -0.05) is 6.92 Å². The zero-order valence-corrected chi connectivity index (χ0v) is 11.7. The minimum atomic E-state index is 0.748. The van der Waals surface area contributed by atoms with E-state index in [9.17, 15) is 0 Å². The summed E-state index contributed by atoms with van der Waals surface area (Å²) in [7, 11) is 1.96. The van der Waals surface area contributed by atoms with Gasteiger partial charge in [-0.3, -0.25) is 0 Å². The Morgan fingerprint density at radius 1 is 1.25 bits per heavy atom. The van der Waals surface area contributed by atoms with E-state index < -0.39 is 0 Å². The molecule has 0 bridgehead atoms. The van der Waals surface area contributed by atoms with E-state index in [-0.39, 0.29) is 0 Å². The molecule has 0 radical (unpaired) electrons. The Balaban J connectivity index is 1.95. The van der Waals surface area contributed by atoms with Gasteiger partial charge in [0.1, 0.15) is 18.0 Å². The summed E-state index contributed by atoms with van der Waals surface area (Å²) in [4.78, 5) is 4.65. The van der Waals surface area contributed by atoms with Crippen molar-refractivity contribution in [1.82, 2.24) is 24.3 Å². The third-order valence-electron chi connectivity index (χ3n) is 3.53. The first-order valence-electron chi connectivity index (χ1n) is 6.76. The lowest BCUT2D eigenvalue weighted by Crippen LogP contribution is -2.08. The molecule has 1 aromatic carbocycles. The molecule has 2 heterocycles. The summed E-state index contributed by atoms with van der Waals surface area (Å²) in [5, 5.41) is 8.03. The highest BCUT2D eigenvalue weighted by Crippen LogP contribution is 2.20. The van der Waals surface area contributed by atoms with Gasteiger partial charge in [-0.05, 0) is 18.2 Å². The van der Waals surface area contributed by atoms with Gasteiger partial charge in [0, 0.05) is 32.1 Å². The molecule has 6 nitrogen and oxygen atoms in total. The second-order valence-electron chi connectivity index (χ2n) is 4.89. The topological polar surface area (TPSA) is 74.6 Å². The molecule has 0 unspecified atom stereocenters. The highest BCUT2D eigenvalue weighted by atomic mass is 15.2. The lowest BCUT2D eigenvalue weighted by atomic mass is 10.2. The molecular weight excluding hydrogens is 252 g/mol. The largest absolute Gasteiger partial charge is 0.399 e. The van der Waals surface area contributed by atoms with Crippen molar-refractivity contribution in [2.24, 2.45) is 7.05 Å². The van der Waals surface area contributed by atoms with Crippen LogP contribution < -0.4 is 5.73 Å². The molecule has 2 N–H and O–H groups in total. The molecule has 104 valence electrons. The van der Waals surface area contributed by atoms with Gasteiger partial charge >= 0.3 is 0 Å². The summed E-state index contributed by atoms with van der Waals surface area (Å²) in [6.45, 7) is 2.96. The van der Waals surface area contributed by atoms with Gasteiger partial charge in [-0.2, -0.15) is 0 Å². The molecule has 2 aromatic heterocycles. The minimum Gasteiger partial charge on any atom is -0.399 e. The predicted octanol–water partition coefficient (Wildman–Crippen LogP) is 1.55. The molecule has 0 aliphatic rings. The Kier molecular flexibility index (Phi) is 3.14. The SMILES string of the molecule is CCc1nc2cc(N)ccc2n1CCc1nncn1C. The van der Waals surface area contributed by atoms with Crippen molar-refractivity contribution in [2.75, 3.05) is 5.73 Å². The van der Waals surface area contributed by atoms with Crippen LogP contribution in [-0.4, -0.2) is 24.3 Å². The lowest BCUT2D eigenvalue weighted by Gasteiger charge is -2.07. The van der Waals surface area contributed by atoms with Gasteiger partial charge < -0.3 is 14.9 Å². The number of hydrogen-bond donors (Lipinski definition) is 1. The van der Waals surface area contributed by atoms with E-state index in [0.29, 0.717) is 0 Å². The quantitative estimate of drug-likeness (QED) is 0.730. The molecule has 0 fully saturated rings. The van der Waals surface area contributed by atoms with E-state index in [1.54, 1.807) is 6.33 Å². The maximum Gasteiger partial charge on any atom is 0.134 e. The Bertz CT molecular complexity index is 739. The third-order valence-corrected chi connectivity index (χ3v) is 3.53. The van der Waals surface area contributed by atoms with Crippen LogP contribution in [-0.2, 0) is 26.4 Å². The van der Waals surface area contributed by atoms with E-state index in [1.807, 2.05) is 29.8 Å². The van der Waals surface area contributed by atoms with E-state index in [0.717, 1.165) is 47.8 Å². The number of nitrogens with zero attached hydrogens (tertiary/aromatic N) is 5. The average molecular weight is 270 g/mol. The number of nitrogens with two attached hydrogens (primary N) is 1. The second kappa shape index (κ2) is 4.96. The second-order valence-corrected chi connectivity index (χ2v) is 4.89. The molecule has 3 aromatic rings. The first-order valence-corrected chi connectivity index (χ1v) is 6.76. The van der Waals surface area contributed by atoms with Gasteiger partial charge in [0.05, 0.1) is 11.0 Å². The summed E-state index contributed by atoms with van der Waals surface area (Å²) in [6.07, 6.45) is 3.45. The number of aryl methyl sites for hydroxylation is 4. The number of aromatic nitrogens is 5. The van der Waals surface area contributed by atoms with Gasteiger partial charge in [-0.15, -0.1) is 10.2 Å². The highest BCUT2D eigenvalue weighted by molar-refractivity contribution is 5.79. The molecule has 20 heavy (non-hydrogen) atoms. The highest BCUT2D eigenvalue weighted by Gasteiger charge is 2.10. The van der Waals surface area contributed by atoms with E-state index in [4.69, 9.17) is 5.73 Å². The number of imidazole rings is 1. The van der Waals surface area contributed by atoms with Crippen molar-refractivity contribution in [2.45, 2.75) is 26.3 Å². The first-order chi connectivity index (χ1) is 9.69. The van der Waals surface area contributed by atoms with Crippen LogP contribution >= 0.6 is 0 Å². The first kappa shape index (κ1) is 12.7. The Hall–Kier alpha value is -2.37. The Labute approximate surface area is 117 Å². The number of rotatable bonds is 4. The fourth-order valence-electron chi connectivity index (χ4n) is 2.46. The van der Waals surface area contributed by atoms with Crippen LogP contribution in [0.3, 0.4) is 0 Å². The molecule has 0 saturated carbocycles. The molecule has 0 saturated heterocycles. The third kappa shape index (κ3) is 2.13. The minimum absolute atomic E-state index is 0.748. The summed E-state index contributed by atoms with van der Waals surface area (Å²) in [5.41, 5.74) is 8.65. The number of hydrogen-bond acceptors (Lipinski definition) is 4. The van der Waals surface area contributed by atoms with Gasteiger partial charge in [-0.25, -0.2) is 4.98 Å². The number of anilines is 1. The average Bonchev–Trinajstić information content (AvgIpc) is 2.99. The van der Waals surface area contributed by atoms with E-state index in [2.05, 4.69) is 26.7 Å². The zero-order chi connectivity index (χ0) is 14.1. The molecular formula is C14H18N6. The van der Waals surface area contributed by atoms with Crippen LogP contribution in [0.5, 0.6) is 0 Å². The molecule has 0 amide bonds. The smallest absolute Gasteiger partial charge is 0.134 e. The summed E-state index contributed by atoms with van der Waals surface area (Å²) >= 11 is 0. The van der Waals surface area contributed by atoms with Crippen LogP contribution in [0.1, 0.15) is 18.6 Å². The molecule has 0 spiro atoms. The van der Waals surface area contributed by atoms with E-state index in [1.165, 1.54) is 0 Å². The Morgan fingerprint density at radius 2 is 2.10 bits per heavy atom. The van der Waals surface area contributed by atoms with Gasteiger partial charge in [0.2, 0.25) is 0 Å². The molecule has 6 heteroatoms. The van der Waals surface area contributed by atoms with Crippen LogP contribution in [0.4, 0.5) is 5.69 Å². The summed E-state index contributed by atoms with van der Waals surface area (Å²) < 4.78 is 4.19. The fourth-order valence-corrected chi connectivity index (χ4v) is 2.46. The van der Waals surface area contributed by atoms with Crippen molar-refractivity contribution < 1.29 is 0 Å². The van der Waals surface area contributed by atoms with Crippen LogP contribution in [0.2, 0.25) is 0 Å². The fraction of sp³-hybridized carbons (Fsp3) is 0.357.